The van der Waals surface area contributed by atoms with E-state index in [0.717, 1.165) is 40.8 Å². The average Bonchev–Trinajstić information content (AvgIpc) is 2.79. The molecule has 0 saturated carbocycles. The number of aryl methyl sites for hydroxylation is 1. The molecule has 3 rings (SSSR count). The summed E-state index contributed by atoms with van der Waals surface area (Å²) in [6.07, 6.45) is 9.45. The van der Waals surface area contributed by atoms with E-state index in [1.165, 1.54) is 0 Å². The van der Waals surface area contributed by atoms with Crippen molar-refractivity contribution in [2.75, 3.05) is 5.32 Å². The summed E-state index contributed by atoms with van der Waals surface area (Å²) in [5, 5.41) is 3.88. The van der Waals surface area contributed by atoms with E-state index < -0.39 is 0 Å². The summed E-state index contributed by atoms with van der Waals surface area (Å²) >= 11 is 0. The van der Waals surface area contributed by atoms with Crippen LogP contribution >= 0.6 is 0 Å². The standard InChI is InChI=1S/C15H15N3O/c1-10-7-12-8-13(9-16-14(12)17-10)18-15(19)11-5-3-2-4-6-11/h3,5-9H,2,4H2,1H3,(H,16,17)(H,18,19). The maximum Gasteiger partial charge on any atom is 0.255 e. The van der Waals surface area contributed by atoms with E-state index >= 15 is 0 Å². The molecule has 0 fully saturated rings. The van der Waals surface area contributed by atoms with Crippen LogP contribution in [0.1, 0.15) is 18.5 Å². The molecule has 0 bridgehead atoms. The van der Waals surface area contributed by atoms with E-state index in [9.17, 15) is 4.79 Å². The van der Waals surface area contributed by atoms with Gasteiger partial charge < -0.3 is 10.3 Å². The second kappa shape index (κ2) is 4.72. The minimum atomic E-state index is -0.0793. The topological polar surface area (TPSA) is 57.8 Å². The SMILES string of the molecule is Cc1cc2cc(NC(=O)C3=CCCC=C3)cnc2[nH]1. The highest BCUT2D eigenvalue weighted by atomic mass is 16.1. The van der Waals surface area contributed by atoms with E-state index in [-0.39, 0.29) is 5.91 Å². The first kappa shape index (κ1) is 11.7. The normalized spacial score (nSPS) is 14.5. The first-order valence-electron chi connectivity index (χ1n) is 6.36. The van der Waals surface area contributed by atoms with E-state index in [4.69, 9.17) is 0 Å². The summed E-state index contributed by atoms with van der Waals surface area (Å²) in [7, 11) is 0. The van der Waals surface area contributed by atoms with Gasteiger partial charge in [-0.3, -0.25) is 4.79 Å². The van der Waals surface area contributed by atoms with E-state index in [1.54, 1.807) is 6.20 Å². The van der Waals surface area contributed by atoms with Gasteiger partial charge in [0.1, 0.15) is 5.65 Å². The molecule has 4 nitrogen and oxygen atoms in total. The molecular formula is C15H15N3O. The van der Waals surface area contributed by atoms with Crippen LogP contribution in [0.2, 0.25) is 0 Å². The molecule has 4 heteroatoms. The van der Waals surface area contributed by atoms with Crippen LogP contribution in [-0.4, -0.2) is 15.9 Å². The molecular weight excluding hydrogens is 238 g/mol. The quantitative estimate of drug-likeness (QED) is 0.864. The third kappa shape index (κ3) is 2.42. The molecule has 0 unspecified atom stereocenters. The number of amides is 1. The molecule has 0 atom stereocenters. The second-order valence-corrected chi connectivity index (χ2v) is 4.71. The predicted molar refractivity (Wildman–Crippen MR) is 75.9 cm³/mol. The molecule has 1 amide bonds. The minimum absolute atomic E-state index is 0.0793. The zero-order valence-corrected chi connectivity index (χ0v) is 10.7. The maximum atomic E-state index is 12.0. The number of nitrogens with zero attached hydrogens (tertiary/aromatic N) is 1. The van der Waals surface area contributed by atoms with Crippen molar-refractivity contribution >= 4 is 22.6 Å². The fourth-order valence-corrected chi connectivity index (χ4v) is 2.21. The number of nitrogens with one attached hydrogen (secondary N) is 2. The summed E-state index contributed by atoms with van der Waals surface area (Å²) in [6, 6.07) is 3.94. The summed E-state index contributed by atoms with van der Waals surface area (Å²) in [5.74, 6) is -0.0793. The first-order chi connectivity index (χ1) is 9.22. The molecule has 2 N–H and O–H groups in total. The van der Waals surface area contributed by atoms with Crippen molar-refractivity contribution in [3.05, 3.63) is 47.8 Å². The Balaban J connectivity index is 1.82. The third-order valence-corrected chi connectivity index (χ3v) is 3.12. The number of aromatic nitrogens is 2. The second-order valence-electron chi connectivity index (χ2n) is 4.71. The molecule has 19 heavy (non-hydrogen) atoms. The van der Waals surface area contributed by atoms with Crippen LogP contribution in [0.3, 0.4) is 0 Å². The number of hydrogen-bond acceptors (Lipinski definition) is 2. The fraction of sp³-hybridized carbons (Fsp3) is 0.200. The van der Waals surface area contributed by atoms with Crippen LogP contribution in [0.15, 0.2) is 42.1 Å². The number of allylic oxidation sites excluding steroid dienone is 2. The van der Waals surface area contributed by atoms with Crippen LogP contribution in [0, 0.1) is 6.92 Å². The fourth-order valence-electron chi connectivity index (χ4n) is 2.21. The smallest absolute Gasteiger partial charge is 0.255 e. The van der Waals surface area contributed by atoms with Crippen molar-refractivity contribution in [1.29, 1.82) is 0 Å². The largest absolute Gasteiger partial charge is 0.344 e. The lowest BCUT2D eigenvalue weighted by Gasteiger charge is -2.08. The lowest BCUT2D eigenvalue weighted by atomic mass is 10.1. The molecule has 0 aromatic carbocycles. The molecule has 1 aliphatic rings. The number of pyridine rings is 1. The van der Waals surface area contributed by atoms with Gasteiger partial charge in [0, 0.05) is 16.7 Å². The van der Waals surface area contributed by atoms with Crippen molar-refractivity contribution in [1.82, 2.24) is 9.97 Å². The van der Waals surface area contributed by atoms with Gasteiger partial charge in [-0.05, 0) is 31.9 Å². The summed E-state index contributed by atoms with van der Waals surface area (Å²) < 4.78 is 0. The molecule has 2 aromatic rings. The number of rotatable bonds is 2. The average molecular weight is 253 g/mol. The van der Waals surface area contributed by atoms with Gasteiger partial charge in [-0.1, -0.05) is 18.2 Å². The summed E-state index contributed by atoms with van der Waals surface area (Å²) in [5.41, 5.74) is 3.34. The Hall–Kier alpha value is -2.36. The van der Waals surface area contributed by atoms with Crippen molar-refractivity contribution in [2.24, 2.45) is 0 Å². The third-order valence-electron chi connectivity index (χ3n) is 3.12. The highest BCUT2D eigenvalue weighted by molar-refractivity contribution is 6.06. The van der Waals surface area contributed by atoms with Gasteiger partial charge in [0.15, 0.2) is 0 Å². The summed E-state index contributed by atoms with van der Waals surface area (Å²) in [4.78, 5) is 19.5. The van der Waals surface area contributed by atoms with Gasteiger partial charge >= 0.3 is 0 Å². The van der Waals surface area contributed by atoms with Crippen molar-refractivity contribution in [2.45, 2.75) is 19.8 Å². The van der Waals surface area contributed by atoms with E-state index in [0.29, 0.717) is 0 Å². The Morgan fingerprint density at radius 1 is 1.37 bits per heavy atom. The van der Waals surface area contributed by atoms with Gasteiger partial charge in [-0.25, -0.2) is 4.98 Å². The van der Waals surface area contributed by atoms with Crippen LogP contribution in [0.4, 0.5) is 5.69 Å². The monoisotopic (exact) mass is 253 g/mol. The molecule has 1 aliphatic carbocycles. The van der Waals surface area contributed by atoms with E-state index in [1.807, 2.05) is 37.3 Å². The number of aromatic amines is 1. The van der Waals surface area contributed by atoms with Crippen LogP contribution in [-0.2, 0) is 4.79 Å². The first-order valence-corrected chi connectivity index (χ1v) is 6.36. The highest BCUT2D eigenvalue weighted by Crippen LogP contribution is 2.18. The minimum Gasteiger partial charge on any atom is -0.344 e. The summed E-state index contributed by atoms with van der Waals surface area (Å²) in [6.45, 7) is 1.98. The molecule has 0 radical (unpaired) electrons. The Kier molecular flexibility index (Phi) is 2.91. The van der Waals surface area contributed by atoms with Gasteiger partial charge in [-0.15, -0.1) is 0 Å². The van der Waals surface area contributed by atoms with Crippen molar-refractivity contribution in [3.8, 4) is 0 Å². The number of H-pyrrole nitrogens is 1. The molecule has 96 valence electrons. The lowest BCUT2D eigenvalue weighted by Crippen LogP contribution is -2.14. The molecule has 0 saturated heterocycles. The molecule has 0 spiro atoms. The van der Waals surface area contributed by atoms with Gasteiger partial charge in [0.2, 0.25) is 0 Å². The number of carbonyl (C=O) groups is 1. The van der Waals surface area contributed by atoms with Crippen LogP contribution in [0.25, 0.3) is 11.0 Å². The maximum absolute atomic E-state index is 12.0. The highest BCUT2D eigenvalue weighted by Gasteiger charge is 2.09. The number of fused-ring (bicyclic) bond motifs is 1. The van der Waals surface area contributed by atoms with Gasteiger partial charge in [0.05, 0.1) is 11.9 Å². The number of anilines is 1. The Morgan fingerprint density at radius 2 is 2.26 bits per heavy atom. The lowest BCUT2D eigenvalue weighted by molar-refractivity contribution is -0.112. The van der Waals surface area contributed by atoms with Crippen molar-refractivity contribution < 1.29 is 4.79 Å². The van der Waals surface area contributed by atoms with Gasteiger partial charge in [0.25, 0.3) is 5.91 Å². The Bertz CT molecular complexity index is 694. The van der Waals surface area contributed by atoms with Gasteiger partial charge in [-0.2, -0.15) is 0 Å². The van der Waals surface area contributed by atoms with E-state index in [2.05, 4.69) is 15.3 Å². The molecule has 2 heterocycles. The Labute approximate surface area is 111 Å². The van der Waals surface area contributed by atoms with Crippen molar-refractivity contribution in [3.63, 3.8) is 0 Å². The van der Waals surface area contributed by atoms with Crippen LogP contribution in [0.5, 0.6) is 0 Å². The molecule has 0 aliphatic heterocycles. The number of hydrogen-bond donors (Lipinski definition) is 2. The van der Waals surface area contributed by atoms with Crippen LogP contribution < -0.4 is 5.32 Å². The molecule has 2 aromatic heterocycles. The predicted octanol–water partition coefficient (Wildman–Crippen LogP) is 3.09. The number of carbonyl (C=O) groups excluding carboxylic acids is 1. The Morgan fingerprint density at radius 3 is 3.05 bits per heavy atom. The zero-order chi connectivity index (χ0) is 13.2. The zero-order valence-electron chi connectivity index (χ0n) is 10.7.